The van der Waals surface area contributed by atoms with Gasteiger partial charge in [-0.1, -0.05) is 24.3 Å². The van der Waals surface area contributed by atoms with Crippen LogP contribution in [0.3, 0.4) is 0 Å². The van der Waals surface area contributed by atoms with Crippen LogP contribution in [0.15, 0.2) is 72.8 Å². The maximum absolute atomic E-state index is 12.2. The van der Waals surface area contributed by atoms with E-state index in [-0.39, 0.29) is 17.3 Å². The van der Waals surface area contributed by atoms with Crippen molar-refractivity contribution in [2.24, 2.45) is 0 Å². The summed E-state index contributed by atoms with van der Waals surface area (Å²) in [6, 6.07) is 19.5. The molecule has 0 atom stereocenters. The van der Waals surface area contributed by atoms with E-state index in [0.717, 1.165) is 11.1 Å². The fourth-order valence-corrected chi connectivity index (χ4v) is 2.34. The molecule has 0 heterocycles. The Morgan fingerprint density at radius 3 is 1.88 bits per heavy atom. The van der Waals surface area contributed by atoms with Gasteiger partial charge in [-0.15, -0.1) is 0 Å². The van der Waals surface area contributed by atoms with Crippen molar-refractivity contribution in [2.45, 2.75) is 0 Å². The molecule has 0 fully saturated rings. The fourth-order valence-electron chi connectivity index (χ4n) is 2.34. The third-order valence-electron chi connectivity index (χ3n) is 3.68. The Balaban J connectivity index is 1.72. The number of benzene rings is 3. The molecule has 3 rings (SSSR count). The van der Waals surface area contributed by atoms with Crippen LogP contribution in [-0.2, 0) is 0 Å². The van der Waals surface area contributed by atoms with E-state index in [1.807, 2.05) is 12.1 Å². The number of amides is 1. The number of carbonyl (C=O) groups excluding carboxylic acids is 1. The maximum atomic E-state index is 12.2. The van der Waals surface area contributed by atoms with Crippen LogP contribution < -0.4 is 5.32 Å². The number of rotatable bonds is 4. The number of non-ortho nitro benzene ring substituents is 1. The van der Waals surface area contributed by atoms with E-state index in [2.05, 4.69) is 5.32 Å². The van der Waals surface area contributed by atoms with Gasteiger partial charge in [-0.05, 0) is 47.5 Å². The Labute approximate surface area is 143 Å². The zero-order valence-electron chi connectivity index (χ0n) is 13.0. The third-order valence-corrected chi connectivity index (χ3v) is 3.68. The molecule has 6 heteroatoms. The van der Waals surface area contributed by atoms with Crippen molar-refractivity contribution in [1.29, 1.82) is 0 Å². The number of nitro benzene ring substituents is 1. The van der Waals surface area contributed by atoms with E-state index in [9.17, 15) is 20.0 Å². The number of hydrogen-bond acceptors (Lipinski definition) is 4. The Morgan fingerprint density at radius 2 is 1.36 bits per heavy atom. The summed E-state index contributed by atoms with van der Waals surface area (Å²) in [5.74, 6) is -0.103. The zero-order valence-corrected chi connectivity index (χ0v) is 13.0. The molecule has 3 aromatic carbocycles. The number of anilines is 1. The van der Waals surface area contributed by atoms with E-state index < -0.39 is 4.92 Å². The molecule has 6 nitrogen and oxygen atoms in total. The van der Waals surface area contributed by atoms with Crippen molar-refractivity contribution in [3.8, 4) is 16.9 Å². The van der Waals surface area contributed by atoms with Crippen LogP contribution in [0, 0.1) is 10.1 Å². The predicted molar refractivity (Wildman–Crippen MR) is 94.6 cm³/mol. The minimum atomic E-state index is -0.492. The number of phenols is 1. The molecular weight excluding hydrogens is 320 g/mol. The van der Waals surface area contributed by atoms with Crippen molar-refractivity contribution in [3.05, 3.63) is 88.5 Å². The topological polar surface area (TPSA) is 92.5 Å². The second kappa shape index (κ2) is 6.84. The normalized spacial score (nSPS) is 10.2. The average Bonchev–Trinajstić information content (AvgIpc) is 2.63. The third kappa shape index (κ3) is 3.81. The molecule has 3 aromatic rings. The van der Waals surface area contributed by atoms with Gasteiger partial charge in [0.15, 0.2) is 0 Å². The summed E-state index contributed by atoms with van der Waals surface area (Å²) in [5, 5.41) is 22.6. The number of carbonyl (C=O) groups is 1. The van der Waals surface area contributed by atoms with Crippen molar-refractivity contribution in [2.75, 3.05) is 5.32 Å². The van der Waals surface area contributed by atoms with Gasteiger partial charge in [0.2, 0.25) is 0 Å². The summed E-state index contributed by atoms with van der Waals surface area (Å²) < 4.78 is 0. The number of phenolic OH excluding ortho intramolecular Hbond substituents is 1. The second-order valence-corrected chi connectivity index (χ2v) is 5.38. The molecule has 0 aromatic heterocycles. The molecule has 0 aliphatic rings. The molecule has 124 valence electrons. The Morgan fingerprint density at radius 1 is 0.840 bits per heavy atom. The predicted octanol–water partition coefficient (Wildman–Crippen LogP) is 4.22. The van der Waals surface area contributed by atoms with Crippen LogP contribution in [0.2, 0.25) is 0 Å². The summed E-state index contributed by atoms with van der Waals surface area (Å²) in [7, 11) is 0. The molecule has 0 saturated heterocycles. The number of nitrogens with zero attached hydrogens (tertiary/aromatic N) is 1. The quantitative estimate of drug-likeness (QED) is 0.552. The molecule has 2 N–H and O–H groups in total. The standard InChI is InChI=1S/C19H14N2O4/c22-18-11-5-14(6-12-18)13-1-3-15(4-2-13)19(23)20-16-7-9-17(10-8-16)21(24)25/h1-12,22H,(H,20,23). The minimum absolute atomic E-state index is 0.0313. The van der Waals surface area contributed by atoms with Gasteiger partial charge < -0.3 is 10.4 Å². The highest BCUT2D eigenvalue weighted by Crippen LogP contribution is 2.23. The van der Waals surface area contributed by atoms with Crippen molar-refractivity contribution >= 4 is 17.3 Å². The first-order valence-electron chi connectivity index (χ1n) is 7.48. The molecule has 0 saturated carbocycles. The lowest BCUT2D eigenvalue weighted by Crippen LogP contribution is -2.11. The van der Waals surface area contributed by atoms with Crippen LogP contribution in [0.5, 0.6) is 5.75 Å². The molecule has 0 bridgehead atoms. The monoisotopic (exact) mass is 334 g/mol. The summed E-state index contributed by atoms with van der Waals surface area (Å²) in [6.45, 7) is 0. The smallest absolute Gasteiger partial charge is 0.269 e. The van der Waals surface area contributed by atoms with Crippen molar-refractivity contribution < 1.29 is 14.8 Å². The highest BCUT2D eigenvalue weighted by atomic mass is 16.6. The van der Waals surface area contributed by atoms with E-state index in [4.69, 9.17) is 0 Å². The SMILES string of the molecule is O=C(Nc1ccc([N+](=O)[O-])cc1)c1ccc(-c2ccc(O)cc2)cc1. The first kappa shape index (κ1) is 16.2. The van der Waals surface area contributed by atoms with Gasteiger partial charge in [0.1, 0.15) is 5.75 Å². The minimum Gasteiger partial charge on any atom is -0.508 e. The van der Waals surface area contributed by atoms with Gasteiger partial charge in [-0.3, -0.25) is 14.9 Å². The zero-order chi connectivity index (χ0) is 17.8. The van der Waals surface area contributed by atoms with E-state index >= 15 is 0 Å². The highest BCUT2D eigenvalue weighted by molar-refractivity contribution is 6.04. The maximum Gasteiger partial charge on any atom is 0.269 e. The van der Waals surface area contributed by atoms with Crippen LogP contribution in [-0.4, -0.2) is 15.9 Å². The molecule has 0 radical (unpaired) electrons. The van der Waals surface area contributed by atoms with Crippen LogP contribution >= 0.6 is 0 Å². The fraction of sp³-hybridized carbons (Fsp3) is 0. The van der Waals surface area contributed by atoms with E-state index in [1.165, 1.54) is 24.3 Å². The summed E-state index contributed by atoms with van der Waals surface area (Å²) in [4.78, 5) is 22.4. The van der Waals surface area contributed by atoms with Crippen molar-refractivity contribution in [3.63, 3.8) is 0 Å². The largest absolute Gasteiger partial charge is 0.508 e. The van der Waals surface area contributed by atoms with E-state index in [0.29, 0.717) is 11.3 Å². The second-order valence-electron chi connectivity index (χ2n) is 5.38. The Bertz CT molecular complexity index is 902. The van der Waals surface area contributed by atoms with Gasteiger partial charge in [-0.2, -0.15) is 0 Å². The molecule has 25 heavy (non-hydrogen) atoms. The Hall–Kier alpha value is -3.67. The van der Waals surface area contributed by atoms with Gasteiger partial charge in [0.05, 0.1) is 4.92 Å². The lowest BCUT2D eigenvalue weighted by atomic mass is 10.0. The van der Waals surface area contributed by atoms with Crippen LogP contribution in [0.4, 0.5) is 11.4 Å². The molecular formula is C19H14N2O4. The van der Waals surface area contributed by atoms with Crippen molar-refractivity contribution in [1.82, 2.24) is 0 Å². The van der Waals surface area contributed by atoms with Gasteiger partial charge in [0, 0.05) is 23.4 Å². The number of hydrogen-bond donors (Lipinski definition) is 2. The van der Waals surface area contributed by atoms with Gasteiger partial charge in [-0.25, -0.2) is 0 Å². The van der Waals surface area contributed by atoms with Gasteiger partial charge >= 0.3 is 0 Å². The average molecular weight is 334 g/mol. The van der Waals surface area contributed by atoms with E-state index in [1.54, 1.807) is 36.4 Å². The number of nitrogens with one attached hydrogen (secondary N) is 1. The van der Waals surface area contributed by atoms with Gasteiger partial charge in [0.25, 0.3) is 11.6 Å². The van der Waals surface area contributed by atoms with Crippen LogP contribution in [0.1, 0.15) is 10.4 Å². The summed E-state index contributed by atoms with van der Waals surface area (Å²) in [5.41, 5.74) is 2.78. The highest BCUT2D eigenvalue weighted by Gasteiger charge is 2.09. The molecule has 1 amide bonds. The number of nitro groups is 1. The first-order valence-corrected chi connectivity index (χ1v) is 7.48. The number of aromatic hydroxyl groups is 1. The molecule has 0 spiro atoms. The molecule has 0 aliphatic carbocycles. The first-order chi connectivity index (χ1) is 12.0. The Kier molecular flexibility index (Phi) is 4.43. The van der Waals surface area contributed by atoms with Crippen LogP contribution in [0.25, 0.3) is 11.1 Å². The lowest BCUT2D eigenvalue weighted by molar-refractivity contribution is -0.384. The lowest BCUT2D eigenvalue weighted by Gasteiger charge is -2.07. The molecule has 0 aliphatic heterocycles. The summed E-state index contributed by atoms with van der Waals surface area (Å²) in [6.07, 6.45) is 0. The summed E-state index contributed by atoms with van der Waals surface area (Å²) >= 11 is 0. The molecule has 0 unspecified atom stereocenters.